The predicted molar refractivity (Wildman–Crippen MR) is 78.9 cm³/mol. The van der Waals surface area contributed by atoms with Crippen LogP contribution in [0, 0.1) is 0 Å². The Morgan fingerprint density at radius 2 is 1.89 bits per heavy atom. The second-order valence-electron chi connectivity index (χ2n) is 4.20. The monoisotopic (exact) mass is 274 g/mol. The standard InChI is InChI=1S/C14H15ClN4/c1-9(19-14(16)17)12-6-7-18-8-13(12)10-2-4-11(15)5-3-10/h2-9H,1H3,(H4,16,17,19). The predicted octanol–water partition coefficient (Wildman–Crippen LogP) is 2.74. The highest BCUT2D eigenvalue weighted by Gasteiger charge is 2.11. The SMILES string of the molecule is CC(N=C(N)N)c1ccncc1-c1ccc(Cl)cc1. The number of nitrogens with zero attached hydrogens (tertiary/aromatic N) is 2. The van der Waals surface area contributed by atoms with Crippen LogP contribution in [0.1, 0.15) is 18.5 Å². The number of guanidine groups is 1. The van der Waals surface area contributed by atoms with Crippen LogP contribution in [0.25, 0.3) is 11.1 Å². The van der Waals surface area contributed by atoms with Crippen LogP contribution in [0.4, 0.5) is 0 Å². The Balaban J connectivity index is 2.47. The van der Waals surface area contributed by atoms with Gasteiger partial charge in [-0.25, -0.2) is 4.99 Å². The number of hydrogen-bond donors (Lipinski definition) is 2. The van der Waals surface area contributed by atoms with E-state index in [-0.39, 0.29) is 12.0 Å². The highest BCUT2D eigenvalue weighted by Crippen LogP contribution is 2.29. The van der Waals surface area contributed by atoms with E-state index < -0.39 is 0 Å². The van der Waals surface area contributed by atoms with Gasteiger partial charge in [0, 0.05) is 23.0 Å². The van der Waals surface area contributed by atoms with Crippen molar-refractivity contribution in [3.05, 3.63) is 53.3 Å². The smallest absolute Gasteiger partial charge is 0.186 e. The van der Waals surface area contributed by atoms with E-state index >= 15 is 0 Å². The molecular formula is C14H15ClN4. The molecule has 0 fully saturated rings. The third-order valence-electron chi connectivity index (χ3n) is 2.80. The molecule has 0 aliphatic carbocycles. The molecule has 1 atom stereocenters. The molecule has 0 saturated heterocycles. The van der Waals surface area contributed by atoms with Gasteiger partial charge in [0.2, 0.25) is 0 Å². The largest absolute Gasteiger partial charge is 0.370 e. The Labute approximate surface area is 117 Å². The number of aromatic nitrogens is 1. The lowest BCUT2D eigenvalue weighted by Gasteiger charge is -2.13. The normalized spacial score (nSPS) is 11.9. The van der Waals surface area contributed by atoms with Crippen molar-refractivity contribution in [3.63, 3.8) is 0 Å². The number of benzene rings is 1. The third kappa shape index (κ3) is 3.23. The van der Waals surface area contributed by atoms with Crippen molar-refractivity contribution in [2.45, 2.75) is 13.0 Å². The van der Waals surface area contributed by atoms with Gasteiger partial charge in [0.15, 0.2) is 5.96 Å². The summed E-state index contributed by atoms with van der Waals surface area (Å²) >= 11 is 5.90. The Morgan fingerprint density at radius 3 is 2.53 bits per heavy atom. The van der Waals surface area contributed by atoms with Gasteiger partial charge in [0.05, 0.1) is 6.04 Å². The molecule has 0 aliphatic heterocycles. The second-order valence-corrected chi connectivity index (χ2v) is 4.64. The van der Waals surface area contributed by atoms with Gasteiger partial charge in [-0.2, -0.15) is 0 Å². The summed E-state index contributed by atoms with van der Waals surface area (Å²) in [7, 11) is 0. The highest BCUT2D eigenvalue weighted by atomic mass is 35.5. The van der Waals surface area contributed by atoms with Gasteiger partial charge in [0.1, 0.15) is 0 Å². The van der Waals surface area contributed by atoms with Gasteiger partial charge in [-0.05, 0) is 36.2 Å². The van der Waals surface area contributed by atoms with Crippen molar-refractivity contribution in [2.24, 2.45) is 16.5 Å². The van der Waals surface area contributed by atoms with Crippen molar-refractivity contribution in [3.8, 4) is 11.1 Å². The molecule has 0 radical (unpaired) electrons. The molecule has 0 saturated carbocycles. The van der Waals surface area contributed by atoms with Crippen molar-refractivity contribution >= 4 is 17.6 Å². The van der Waals surface area contributed by atoms with Crippen LogP contribution >= 0.6 is 11.6 Å². The van der Waals surface area contributed by atoms with Crippen molar-refractivity contribution in [1.29, 1.82) is 0 Å². The molecule has 1 aromatic heterocycles. The van der Waals surface area contributed by atoms with Crippen LogP contribution in [-0.4, -0.2) is 10.9 Å². The maximum atomic E-state index is 5.90. The lowest BCUT2D eigenvalue weighted by Crippen LogP contribution is -2.23. The topological polar surface area (TPSA) is 77.3 Å². The number of rotatable bonds is 3. The van der Waals surface area contributed by atoms with E-state index in [1.807, 2.05) is 37.3 Å². The summed E-state index contributed by atoms with van der Waals surface area (Å²) in [5, 5.41) is 0.700. The van der Waals surface area contributed by atoms with Crippen LogP contribution in [0.2, 0.25) is 5.02 Å². The molecule has 4 N–H and O–H groups in total. The first-order valence-electron chi connectivity index (χ1n) is 5.86. The van der Waals surface area contributed by atoms with Gasteiger partial charge in [-0.3, -0.25) is 4.98 Å². The quantitative estimate of drug-likeness (QED) is 0.667. The van der Waals surface area contributed by atoms with E-state index in [9.17, 15) is 0 Å². The fourth-order valence-electron chi connectivity index (χ4n) is 1.93. The molecule has 0 aliphatic rings. The zero-order valence-electron chi connectivity index (χ0n) is 10.5. The van der Waals surface area contributed by atoms with Gasteiger partial charge in [-0.15, -0.1) is 0 Å². The van der Waals surface area contributed by atoms with E-state index in [0.717, 1.165) is 16.7 Å². The minimum atomic E-state index is -0.126. The minimum Gasteiger partial charge on any atom is -0.370 e. The van der Waals surface area contributed by atoms with Gasteiger partial charge in [0.25, 0.3) is 0 Å². The van der Waals surface area contributed by atoms with Crippen LogP contribution in [-0.2, 0) is 0 Å². The summed E-state index contributed by atoms with van der Waals surface area (Å²) in [4.78, 5) is 8.33. The Hall–Kier alpha value is -2.07. The zero-order chi connectivity index (χ0) is 13.8. The Morgan fingerprint density at radius 1 is 1.21 bits per heavy atom. The summed E-state index contributed by atoms with van der Waals surface area (Å²) in [6, 6.07) is 9.38. The van der Waals surface area contributed by atoms with E-state index in [2.05, 4.69) is 9.98 Å². The van der Waals surface area contributed by atoms with Gasteiger partial charge < -0.3 is 11.5 Å². The molecule has 1 unspecified atom stereocenters. The molecule has 19 heavy (non-hydrogen) atoms. The first-order chi connectivity index (χ1) is 9.08. The maximum absolute atomic E-state index is 5.90. The minimum absolute atomic E-state index is 0.0753. The van der Waals surface area contributed by atoms with Crippen molar-refractivity contribution in [1.82, 2.24) is 4.98 Å². The lowest BCUT2D eigenvalue weighted by molar-refractivity contribution is 0.815. The second kappa shape index (κ2) is 5.71. The van der Waals surface area contributed by atoms with Crippen molar-refractivity contribution < 1.29 is 0 Å². The zero-order valence-corrected chi connectivity index (χ0v) is 11.3. The summed E-state index contributed by atoms with van der Waals surface area (Å²) in [5.41, 5.74) is 13.9. The van der Waals surface area contributed by atoms with Crippen LogP contribution in [0.15, 0.2) is 47.7 Å². The first-order valence-corrected chi connectivity index (χ1v) is 6.24. The molecule has 0 amide bonds. The third-order valence-corrected chi connectivity index (χ3v) is 3.05. The number of pyridine rings is 1. The number of halogens is 1. The van der Waals surface area contributed by atoms with Crippen molar-refractivity contribution in [2.75, 3.05) is 0 Å². The molecule has 4 nitrogen and oxygen atoms in total. The van der Waals surface area contributed by atoms with E-state index in [4.69, 9.17) is 23.1 Å². The Kier molecular flexibility index (Phi) is 4.02. The molecule has 0 bridgehead atoms. The van der Waals surface area contributed by atoms with Gasteiger partial charge >= 0.3 is 0 Å². The van der Waals surface area contributed by atoms with E-state index in [0.29, 0.717) is 5.02 Å². The number of aliphatic imine (C=N–C) groups is 1. The van der Waals surface area contributed by atoms with Crippen LogP contribution < -0.4 is 11.5 Å². The summed E-state index contributed by atoms with van der Waals surface area (Å²) in [6.07, 6.45) is 3.53. The summed E-state index contributed by atoms with van der Waals surface area (Å²) in [5.74, 6) is 0.0753. The number of nitrogens with two attached hydrogens (primary N) is 2. The fourth-order valence-corrected chi connectivity index (χ4v) is 2.06. The van der Waals surface area contributed by atoms with Crippen LogP contribution in [0.3, 0.4) is 0 Å². The molecule has 2 rings (SSSR count). The fraction of sp³-hybridized carbons (Fsp3) is 0.143. The van der Waals surface area contributed by atoms with E-state index in [1.165, 1.54) is 0 Å². The first kappa shape index (κ1) is 13.4. The Bertz CT molecular complexity index is 589. The average molecular weight is 275 g/mol. The molecule has 0 spiro atoms. The number of hydrogen-bond acceptors (Lipinski definition) is 2. The van der Waals surface area contributed by atoms with Crippen LogP contribution in [0.5, 0.6) is 0 Å². The lowest BCUT2D eigenvalue weighted by atomic mass is 9.98. The van der Waals surface area contributed by atoms with E-state index in [1.54, 1.807) is 12.4 Å². The molecule has 1 aromatic carbocycles. The van der Waals surface area contributed by atoms with Gasteiger partial charge in [-0.1, -0.05) is 23.7 Å². The molecule has 2 aromatic rings. The average Bonchev–Trinajstić information content (AvgIpc) is 2.39. The molecule has 1 heterocycles. The molecular weight excluding hydrogens is 260 g/mol. The summed E-state index contributed by atoms with van der Waals surface area (Å²) < 4.78 is 0. The maximum Gasteiger partial charge on any atom is 0.186 e. The summed E-state index contributed by atoms with van der Waals surface area (Å²) in [6.45, 7) is 1.94. The molecule has 98 valence electrons. The highest BCUT2D eigenvalue weighted by molar-refractivity contribution is 6.30. The molecule has 5 heteroatoms.